The van der Waals surface area contributed by atoms with E-state index in [-0.39, 0.29) is 5.97 Å². The molecule has 1 unspecified atom stereocenters. The van der Waals surface area contributed by atoms with Crippen molar-refractivity contribution >= 4 is 5.97 Å². The Morgan fingerprint density at radius 2 is 1.86 bits per heavy atom. The first-order chi connectivity index (χ1) is 10.1. The summed E-state index contributed by atoms with van der Waals surface area (Å²) in [7, 11) is 1.48. The standard InChI is InChI=1S/C18H27NO2/c1-4-18(17(20)21-3,15-12-10-14(2)11-13-15)19-16-8-6-5-7-9-16/h10-13,16,19H,4-9H2,1-3H3. The SMILES string of the molecule is CCC(NC1CCCCC1)(C(=O)OC)c1ccc(C)cc1. The Balaban J connectivity index is 2.32. The average molecular weight is 289 g/mol. The number of aryl methyl sites for hydroxylation is 1. The van der Waals surface area contributed by atoms with E-state index >= 15 is 0 Å². The highest BCUT2D eigenvalue weighted by Gasteiger charge is 2.41. The first kappa shape index (κ1) is 16.0. The normalized spacial score (nSPS) is 19.0. The summed E-state index contributed by atoms with van der Waals surface area (Å²) < 4.78 is 5.13. The highest BCUT2D eigenvalue weighted by atomic mass is 16.5. The lowest BCUT2D eigenvalue weighted by Crippen LogP contribution is -2.54. The van der Waals surface area contributed by atoms with E-state index in [1.165, 1.54) is 31.9 Å². The van der Waals surface area contributed by atoms with Crippen LogP contribution in [0, 0.1) is 6.92 Å². The van der Waals surface area contributed by atoms with E-state index in [1.54, 1.807) is 0 Å². The van der Waals surface area contributed by atoms with Gasteiger partial charge in [0.2, 0.25) is 0 Å². The van der Waals surface area contributed by atoms with E-state index in [2.05, 4.69) is 24.4 Å². The molecule has 21 heavy (non-hydrogen) atoms. The molecule has 1 aliphatic rings. The van der Waals surface area contributed by atoms with Gasteiger partial charge in [-0.2, -0.15) is 0 Å². The van der Waals surface area contributed by atoms with Gasteiger partial charge in [-0.3, -0.25) is 5.32 Å². The third-order valence-electron chi connectivity index (χ3n) is 4.66. The lowest BCUT2D eigenvalue weighted by atomic mass is 9.84. The van der Waals surface area contributed by atoms with Gasteiger partial charge in [0.1, 0.15) is 5.54 Å². The maximum Gasteiger partial charge on any atom is 0.330 e. The summed E-state index contributed by atoms with van der Waals surface area (Å²) in [5.41, 5.74) is 1.49. The number of carbonyl (C=O) groups is 1. The van der Waals surface area contributed by atoms with Crippen LogP contribution in [0.5, 0.6) is 0 Å². The molecule has 1 aromatic carbocycles. The number of hydrogen-bond donors (Lipinski definition) is 1. The molecule has 0 radical (unpaired) electrons. The van der Waals surface area contributed by atoms with Gasteiger partial charge < -0.3 is 4.74 Å². The molecule has 1 fully saturated rings. The van der Waals surface area contributed by atoms with Crippen molar-refractivity contribution in [1.29, 1.82) is 0 Å². The fraction of sp³-hybridized carbons (Fsp3) is 0.611. The molecule has 0 bridgehead atoms. The van der Waals surface area contributed by atoms with Crippen molar-refractivity contribution in [2.24, 2.45) is 0 Å². The topological polar surface area (TPSA) is 38.3 Å². The highest BCUT2D eigenvalue weighted by Crippen LogP contribution is 2.30. The molecule has 2 rings (SSSR count). The highest BCUT2D eigenvalue weighted by molar-refractivity contribution is 5.82. The van der Waals surface area contributed by atoms with Crippen molar-refractivity contribution in [3.63, 3.8) is 0 Å². The van der Waals surface area contributed by atoms with E-state index in [4.69, 9.17) is 4.74 Å². The van der Waals surface area contributed by atoms with Crippen molar-refractivity contribution < 1.29 is 9.53 Å². The Bertz CT molecular complexity index is 463. The fourth-order valence-corrected chi connectivity index (χ4v) is 3.32. The summed E-state index contributed by atoms with van der Waals surface area (Å²) in [5.74, 6) is -0.181. The zero-order valence-corrected chi connectivity index (χ0v) is 13.4. The summed E-state index contributed by atoms with van der Waals surface area (Å²) in [4.78, 5) is 12.5. The maximum atomic E-state index is 12.5. The number of ether oxygens (including phenoxy) is 1. The minimum absolute atomic E-state index is 0.181. The van der Waals surface area contributed by atoms with Gasteiger partial charge >= 0.3 is 5.97 Å². The van der Waals surface area contributed by atoms with Crippen LogP contribution in [0.2, 0.25) is 0 Å². The van der Waals surface area contributed by atoms with Crippen LogP contribution in [0.3, 0.4) is 0 Å². The summed E-state index contributed by atoms with van der Waals surface area (Å²) in [5, 5.41) is 3.63. The molecule has 1 N–H and O–H groups in total. The number of hydrogen-bond acceptors (Lipinski definition) is 3. The quantitative estimate of drug-likeness (QED) is 0.840. The summed E-state index contributed by atoms with van der Waals surface area (Å²) in [6.45, 7) is 4.11. The van der Waals surface area contributed by atoms with Crippen LogP contribution in [-0.4, -0.2) is 19.1 Å². The summed E-state index contributed by atoms with van der Waals surface area (Å²) in [6, 6.07) is 8.62. The zero-order chi connectivity index (χ0) is 15.3. The molecule has 1 aromatic rings. The molecule has 0 heterocycles. The monoisotopic (exact) mass is 289 g/mol. The lowest BCUT2D eigenvalue weighted by Gasteiger charge is -2.37. The molecular formula is C18H27NO2. The van der Waals surface area contributed by atoms with Gasteiger partial charge in [-0.25, -0.2) is 4.79 Å². The van der Waals surface area contributed by atoms with Crippen LogP contribution in [-0.2, 0) is 15.1 Å². The molecule has 116 valence electrons. The van der Waals surface area contributed by atoms with Crippen LogP contribution < -0.4 is 5.32 Å². The third kappa shape index (κ3) is 3.46. The van der Waals surface area contributed by atoms with E-state index in [1.807, 2.05) is 19.1 Å². The van der Waals surface area contributed by atoms with Crippen molar-refractivity contribution in [1.82, 2.24) is 5.32 Å². The molecule has 1 aliphatic carbocycles. The molecule has 1 atom stereocenters. The van der Waals surface area contributed by atoms with E-state index in [0.717, 1.165) is 18.4 Å². The van der Waals surface area contributed by atoms with Gasteiger partial charge in [0.25, 0.3) is 0 Å². The van der Waals surface area contributed by atoms with Gasteiger partial charge in [0, 0.05) is 6.04 Å². The smallest absolute Gasteiger partial charge is 0.330 e. The van der Waals surface area contributed by atoms with Crippen molar-refractivity contribution in [2.45, 2.75) is 64.0 Å². The number of nitrogens with one attached hydrogen (secondary N) is 1. The van der Waals surface area contributed by atoms with Crippen molar-refractivity contribution in [2.75, 3.05) is 7.11 Å². The van der Waals surface area contributed by atoms with Crippen LogP contribution in [0.25, 0.3) is 0 Å². The van der Waals surface area contributed by atoms with E-state index < -0.39 is 5.54 Å². The predicted molar refractivity (Wildman–Crippen MR) is 85.2 cm³/mol. The molecule has 0 aliphatic heterocycles. The molecule has 0 aromatic heterocycles. The number of carbonyl (C=O) groups excluding carboxylic acids is 1. The van der Waals surface area contributed by atoms with E-state index in [0.29, 0.717) is 12.5 Å². The van der Waals surface area contributed by atoms with Gasteiger partial charge in [-0.15, -0.1) is 0 Å². The lowest BCUT2D eigenvalue weighted by molar-refractivity contribution is -0.150. The number of esters is 1. The summed E-state index contributed by atoms with van der Waals surface area (Å²) in [6.07, 6.45) is 6.77. The number of rotatable bonds is 5. The molecule has 0 amide bonds. The number of benzene rings is 1. The second-order valence-corrected chi connectivity index (χ2v) is 6.10. The van der Waals surface area contributed by atoms with Gasteiger partial charge in [0.15, 0.2) is 0 Å². The maximum absolute atomic E-state index is 12.5. The van der Waals surface area contributed by atoms with Gasteiger partial charge in [-0.05, 0) is 31.7 Å². The first-order valence-electron chi connectivity index (χ1n) is 8.05. The Morgan fingerprint density at radius 3 is 2.38 bits per heavy atom. The molecule has 0 spiro atoms. The largest absolute Gasteiger partial charge is 0.467 e. The number of methoxy groups -OCH3 is 1. The first-order valence-corrected chi connectivity index (χ1v) is 8.05. The summed E-state index contributed by atoms with van der Waals surface area (Å²) >= 11 is 0. The second kappa shape index (κ2) is 7.08. The molecular weight excluding hydrogens is 262 g/mol. The van der Waals surface area contributed by atoms with Gasteiger partial charge in [0.05, 0.1) is 7.11 Å². The molecule has 3 nitrogen and oxygen atoms in total. The molecule has 1 saturated carbocycles. The Kier molecular flexibility index (Phi) is 5.40. The zero-order valence-electron chi connectivity index (χ0n) is 13.4. The van der Waals surface area contributed by atoms with Crippen LogP contribution in [0.4, 0.5) is 0 Å². The molecule has 0 saturated heterocycles. The van der Waals surface area contributed by atoms with Crippen molar-refractivity contribution in [3.8, 4) is 0 Å². The minimum Gasteiger partial charge on any atom is -0.467 e. The van der Waals surface area contributed by atoms with E-state index in [9.17, 15) is 4.79 Å². The Hall–Kier alpha value is -1.35. The Morgan fingerprint density at radius 1 is 1.24 bits per heavy atom. The Labute approximate surface area is 128 Å². The second-order valence-electron chi connectivity index (χ2n) is 6.10. The minimum atomic E-state index is -0.718. The third-order valence-corrected chi connectivity index (χ3v) is 4.66. The average Bonchev–Trinajstić information content (AvgIpc) is 2.54. The fourth-order valence-electron chi connectivity index (χ4n) is 3.32. The van der Waals surface area contributed by atoms with Crippen molar-refractivity contribution in [3.05, 3.63) is 35.4 Å². The molecule has 3 heteroatoms. The predicted octanol–water partition coefficient (Wildman–Crippen LogP) is 3.70. The van der Waals surface area contributed by atoms with Gasteiger partial charge in [-0.1, -0.05) is 56.0 Å². The van der Waals surface area contributed by atoms with Crippen LogP contribution >= 0.6 is 0 Å². The van der Waals surface area contributed by atoms with Crippen LogP contribution in [0.15, 0.2) is 24.3 Å². The van der Waals surface area contributed by atoms with Crippen LogP contribution in [0.1, 0.15) is 56.6 Å².